The molecule has 3 atom stereocenters. The van der Waals surface area contributed by atoms with E-state index >= 15 is 0 Å². The van der Waals surface area contributed by atoms with Gasteiger partial charge in [0.25, 0.3) is 17.0 Å². The van der Waals surface area contributed by atoms with Crippen molar-refractivity contribution in [3.8, 4) is 5.69 Å². The number of carbonyl (C=O) groups is 11. The first-order valence-corrected chi connectivity index (χ1v) is 42.2. The third-order valence-corrected chi connectivity index (χ3v) is 23.9. The number of allylic oxidation sites excluding steroid dienone is 1. The van der Waals surface area contributed by atoms with Crippen molar-refractivity contribution in [1.29, 1.82) is 0 Å². The van der Waals surface area contributed by atoms with Gasteiger partial charge in [0.1, 0.15) is 11.6 Å². The highest BCUT2D eigenvalue weighted by atomic mass is 32.1. The van der Waals surface area contributed by atoms with Crippen molar-refractivity contribution in [2.45, 2.75) is 210 Å². The molecular weight excluding hydrogens is 1600 g/mol. The van der Waals surface area contributed by atoms with Crippen LogP contribution in [0, 0.1) is 45.3 Å². The van der Waals surface area contributed by atoms with Gasteiger partial charge in [0.2, 0.25) is 17.7 Å². The predicted molar refractivity (Wildman–Crippen MR) is 490 cm³/mol. The zero-order valence-corrected chi connectivity index (χ0v) is 76.1. The molecule has 11 N–H and O–H groups in total. The van der Waals surface area contributed by atoms with Gasteiger partial charge in [-0.1, -0.05) is 164 Å². The number of aliphatic hydroxyl groups excluding tert-OH is 2. The fourth-order valence-corrected chi connectivity index (χ4v) is 11.4. The summed E-state index contributed by atoms with van der Waals surface area (Å²) in [5.41, 5.74) is 4.06. The molecule has 124 heavy (non-hydrogen) atoms. The Bertz CT molecular complexity index is 5410. The number of carboxylic acids is 4. The van der Waals surface area contributed by atoms with Crippen LogP contribution in [-0.2, 0) is 33.6 Å². The summed E-state index contributed by atoms with van der Waals surface area (Å²) in [5, 5.41) is 64.4. The number of amides is 4. The maximum atomic E-state index is 12.8. The van der Waals surface area contributed by atoms with E-state index in [9.17, 15) is 67.4 Å². The van der Waals surface area contributed by atoms with Crippen LogP contribution < -0.4 is 32.4 Å². The average molecular weight is 1720 g/mol. The number of aliphatic carboxylic acids is 4. The van der Waals surface area contributed by atoms with E-state index in [1.165, 1.54) is 30.1 Å². The molecule has 2 aliphatic carbocycles. The monoisotopic (exact) mass is 1720 g/mol. The molecule has 0 saturated heterocycles. The highest BCUT2D eigenvalue weighted by Gasteiger charge is 2.33. The highest BCUT2D eigenvalue weighted by molar-refractivity contribution is 7.15. The number of nitrogens with one attached hydrogen (secondary N) is 5. The summed E-state index contributed by atoms with van der Waals surface area (Å²) >= 11 is 1.35. The number of carboxylic acid groups (broad SMARTS) is 4. The fraction of sp³-hybridized carbons (Fsp3) is 0.402. The SMILES string of the molecule is CCC(C)(C)C(=O)Nc1cccc2c(=O)n(-c3ccccc3)sc12.CCC(C)(C)C(=O)Nc1cccc2nc(C)[nH]c(=O)c12.CCC(C)(C)C(=O)O.CCC(C)(C)C(=O)O.CCC(C)(C)C(=O)O.CCC(C)(CO)C(=O)O.CCC(C)C(=O)Nc1ccc2c(c1)C(O)=CC2=O.CCC(C)c1ccc(C(=O)Nc2ccc3c(c2)C(=O)c2ccccc2C3=O)cc1. The van der Waals surface area contributed by atoms with Crippen molar-refractivity contribution in [1.82, 2.24) is 13.9 Å². The lowest BCUT2D eigenvalue weighted by molar-refractivity contribution is -0.150. The third-order valence-electron chi connectivity index (χ3n) is 22.7. The molecule has 0 saturated carbocycles. The van der Waals surface area contributed by atoms with Crippen molar-refractivity contribution in [2.75, 3.05) is 27.9 Å². The summed E-state index contributed by atoms with van der Waals surface area (Å²) in [4.78, 5) is 159. The Kier molecular flexibility index (Phi) is 38.3. The van der Waals surface area contributed by atoms with E-state index in [0.717, 1.165) is 36.1 Å². The Morgan fingerprint density at radius 3 is 1.38 bits per heavy atom. The van der Waals surface area contributed by atoms with E-state index in [1.54, 1.807) is 162 Å². The third kappa shape index (κ3) is 27.8. The van der Waals surface area contributed by atoms with Gasteiger partial charge < -0.3 is 56.9 Å². The molecule has 26 nitrogen and oxygen atoms in total. The molecule has 0 fully saturated rings. The maximum absolute atomic E-state index is 12.8. The van der Waals surface area contributed by atoms with Gasteiger partial charge in [-0.3, -0.25) is 62.3 Å². The zero-order chi connectivity index (χ0) is 93.9. The van der Waals surface area contributed by atoms with Crippen LogP contribution in [0.2, 0.25) is 0 Å². The Labute approximate surface area is 729 Å². The van der Waals surface area contributed by atoms with Crippen LogP contribution in [0.5, 0.6) is 0 Å². The second-order valence-corrected chi connectivity index (χ2v) is 34.7. The highest BCUT2D eigenvalue weighted by Crippen LogP contribution is 2.35. The number of hydrogen-bond acceptors (Lipinski definition) is 17. The van der Waals surface area contributed by atoms with Crippen LogP contribution >= 0.6 is 11.5 Å². The minimum Gasteiger partial charge on any atom is -0.507 e. The molecule has 9 aromatic rings. The quantitative estimate of drug-likeness (QED) is 0.0283. The molecule has 0 bridgehead atoms. The first-order chi connectivity index (χ1) is 57.9. The van der Waals surface area contributed by atoms with Crippen molar-refractivity contribution in [3.05, 3.63) is 229 Å². The molecule has 2 aliphatic rings. The van der Waals surface area contributed by atoms with Gasteiger partial charge >= 0.3 is 23.9 Å². The van der Waals surface area contributed by atoms with Gasteiger partial charge in [-0.15, -0.1) is 0 Å². The number of aromatic amines is 1. The number of aryl methyl sites for hydroxylation is 1. The number of nitrogens with zero attached hydrogens (tertiary/aromatic N) is 2. The molecule has 2 heterocycles. The van der Waals surface area contributed by atoms with Crippen LogP contribution in [0.15, 0.2) is 167 Å². The van der Waals surface area contributed by atoms with E-state index in [2.05, 4.69) is 45.1 Å². The number of H-pyrrole nitrogens is 1. The number of anilines is 4. The predicted octanol–water partition coefficient (Wildman–Crippen LogP) is 20.0. The smallest absolute Gasteiger partial charge is 0.311 e. The number of aliphatic hydroxyl groups is 2. The molecule has 3 unspecified atom stereocenters. The lowest BCUT2D eigenvalue weighted by Gasteiger charge is -2.21. The van der Waals surface area contributed by atoms with Gasteiger partial charge in [0, 0.05) is 73.1 Å². The van der Waals surface area contributed by atoms with Gasteiger partial charge in [-0.05, 0) is 215 Å². The second-order valence-electron chi connectivity index (χ2n) is 33.8. The molecule has 11 rings (SSSR count). The number of carbonyl (C=O) groups excluding carboxylic acids is 7. The van der Waals surface area contributed by atoms with E-state index < -0.39 is 56.4 Å². The van der Waals surface area contributed by atoms with Crippen LogP contribution in [0.3, 0.4) is 0 Å². The van der Waals surface area contributed by atoms with E-state index in [4.69, 9.17) is 25.5 Å². The summed E-state index contributed by atoms with van der Waals surface area (Å²) in [6.45, 7) is 40.2. The first-order valence-electron chi connectivity index (χ1n) is 41.4. The standard InChI is InChI=1S/C25H21NO3.C19H20N2O2S.C15H19N3O2.C14H15NO3.C6H12O3.3C6H12O2/c1-3-15(2)16-8-10-17(11-9-16)25(29)26-18-12-13-21-22(14-18)24(28)20-7-5-4-6-19(20)23(21)27;1-4-19(2,3)18(23)20-15-12-8-11-14-16(15)24-21(17(14)22)13-9-6-5-7-10-13;1-5-15(3,4)14(20)18-11-8-6-7-10-12(11)13(19)17-9(2)16-10;1-3-8(2)14(18)15-9-4-5-10-11(6-9)13(17)7-12(10)16;1-3-6(2,4-7)5(8)9;3*1-4-6(2,3)5(7)8/h4-15H,3H2,1-2H3,(H,26,29);5-12H,4H2,1-3H3,(H,20,23);6-8H,5H2,1-4H3,(H,18,20)(H,16,17,19);4-8,17H,3H2,1-2H3,(H,15,18);7H,3-4H2,1-2H3,(H,8,9);3*4H2,1-3H3,(H,7,8). The van der Waals surface area contributed by atoms with Crippen molar-refractivity contribution in [2.24, 2.45) is 38.4 Å². The molecule has 0 spiro atoms. The van der Waals surface area contributed by atoms with Gasteiger partial charge in [-0.25, -0.2) is 8.94 Å². The molecule has 0 aliphatic heterocycles. The van der Waals surface area contributed by atoms with Crippen LogP contribution in [0.25, 0.3) is 32.4 Å². The zero-order valence-electron chi connectivity index (χ0n) is 75.3. The summed E-state index contributed by atoms with van der Waals surface area (Å²) < 4.78 is 2.46. The first kappa shape index (κ1) is 104. The summed E-state index contributed by atoms with van der Waals surface area (Å²) in [5.74, 6) is -3.26. The summed E-state index contributed by atoms with van der Waals surface area (Å²) in [6, 6.07) is 44.3. The Morgan fingerprint density at radius 1 is 0.476 bits per heavy atom. The van der Waals surface area contributed by atoms with E-state index in [0.29, 0.717) is 115 Å². The molecule has 7 aromatic carbocycles. The molecular formula is C97H123N7O19S. The summed E-state index contributed by atoms with van der Waals surface area (Å²) in [6.07, 6.45) is 6.96. The van der Waals surface area contributed by atoms with Gasteiger partial charge in [0.05, 0.1) is 66.3 Å². The summed E-state index contributed by atoms with van der Waals surface area (Å²) in [7, 11) is 0. The Morgan fingerprint density at radius 2 is 0.927 bits per heavy atom. The average Bonchev–Trinajstić information content (AvgIpc) is 0.945. The minimum absolute atomic E-state index is 0.0374. The largest absolute Gasteiger partial charge is 0.507 e. The topological polar surface area (TPSA) is 425 Å². The van der Waals surface area contributed by atoms with Crippen molar-refractivity contribution >= 4 is 126 Å². The van der Waals surface area contributed by atoms with Gasteiger partial charge in [-0.2, -0.15) is 0 Å². The maximum Gasteiger partial charge on any atom is 0.311 e. The molecule has 4 amide bonds. The molecule has 0 radical (unpaired) electrons. The van der Waals surface area contributed by atoms with Crippen LogP contribution in [-0.4, -0.2) is 116 Å². The second kappa shape index (κ2) is 45.7. The van der Waals surface area contributed by atoms with Crippen molar-refractivity contribution < 1.29 is 83.4 Å². The van der Waals surface area contributed by atoms with E-state index in [-0.39, 0.29) is 70.4 Å². The normalized spacial score (nSPS) is 12.9. The molecule has 2 aromatic heterocycles. The number of ketones is 3. The van der Waals surface area contributed by atoms with Crippen LogP contribution in [0.4, 0.5) is 22.7 Å². The number of fused-ring (bicyclic) bond motifs is 5. The molecule has 27 heteroatoms. The fourth-order valence-electron chi connectivity index (χ4n) is 10.3. The number of aromatic nitrogens is 3. The number of para-hydroxylation sites is 1. The Hall–Kier alpha value is -12.4. The van der Waals surface area contributed by atoms with Gasteiger partial charge in [0.15, 0.2) is 17.3 Å². The lowest BCUT2D eigenvalue weighted by atomic mass is 9.84. The molecule has 666 valence electrons. The number of hydrogen-bond donors (Lipinski definition) is 11. The lowest BCUT2D eigenvalue weighted by Crippen LogP contribution is -2.30. The number of benzene rings is 7. The minimum atomic E-state index is -0.944. The van der Waals surface area contributed by atoms with Crippen molar-refractivity contribution in [3.63, 3.8) is 0 Å². The Balaban J connectivity index is 0.000000312. The number of rotatable bonds is 23. The van der Waals surface area contributed by atoms with Crippen LogP contribution in [0.1, 0.15) is 272 Å². The van der Waals surface area contributed by atoms with E-state index in [1.807, 2.05) is 125 Å².